The molecule has 21 heavy (non-hydrogen) atoms. The van der Waals surface area contributed by atoms with Crippen LogP contribution < -0.4 is 0 Å². The van der Waals surface area contributed by atoms with Crippen LogP contribution in [0, 0.1) is 12.8 Å². The Kier molecular flexibility index (Phi) is 5.17. The van der Waals surface area contributed by atoms with Crippen molar-refractivity contribution in [1.82, 2.24) is 14.8 Å². The SMILES string of the molecule is Cc1nc(CN(C)C(=O)N2CCCC(CC(=O)O)C2)cs1. The number of carbonyl (C=O) groups is 2. The Balaban J connectivity index is 1.90. The summed E-state index contributed by atoms with van der Waals surface area (Å²) in [4.78, 5) is 31.0. The van der Waals surface area contributed by atoms with Crippen LogP contribution in [0.1, 0.15) is 30.0 Å². The van der Waals surface area contributed by atoms with Crippen LogP contribution in [-0.2, 0) is 11.3 Å². The molecule has 0 radical (unpaired) electrons. The Bertz CT molecular complexity index is 517. The Morgan fingerprint density at radius 2 is 2.33 bits per heavy atom. The van der Waals surface area contributed by atoms with Crippen LogP contribution in [0.5, 0.6) is 0 Å². The normalized spacial score (nSPS) is 18.6. The number of hydrogen-bond donors (Lipinski definition) is 1. The summed E-state index contributed by atoms with van der Waals surface area (Å²) in [6.07, 6.45) is 1.89. The number of thiazole rings is 1. The fourth-order valence-corrected chi connectivity index (χ4v) is 3.29. The molecule has 1 aromatic heterocycles. The smallest absolute Gasteiger partial charge is 0.320 e. The summed E-state index contributed by atoms with van der Waals surface area (Å²) in [5, 5.41) is 11.8. The van der Waals surface area contributed by atoms with E-state index >= 15 is 0 Å². The van der Waals surface area contributed by atoms with Gasteiger partial charge in [0.2, 0.25) is 0 Å². The molecule has 2 rings (SSSR count). The monoisotopic (exact) mass is 311 g/mol. The molecule has 0 aliphatic carbocycles. The maximum absolute atomic E-state index is 12.4. The van der Waals surface area contributed by atoms with Gasteiger partial charge in [-0.15, -0.1) is 11.3 Å². The highest BCUT2D eigenvalue weighted by molar-refractivity contribution is 7.09. The molecule has 7 heteroatoms. The largest absolute Gasteiger partial charge is 0.481 e. The minimum atomic E-state index is -0.791. The highest BCUT2D eigenvalue weighted by atomic mass is 32.1. The number of rotatable bonds is 4. The van der Waals surface area contributed by atoms with E-state index in [4.69, 9.17) is 5.11 Å². The van der Waals surface area contributed by atoms with E-state index in [1.807, 2.05) is 12.3 Å². The number of aliphatic carboxylic acids is 1. The number of urea groups is 1. The van der Waals surface area contributed by atoms with Crippen LogP contribution in [0.15, 0.2) is 5.38 Å². The number of nitrogens with zero attached hydrogens (tertiary/aromatic N) is 3. The van der Waals surface area contributed by atoms with Crippen molar-refractivity contribution in [2.45, 2.75) is 32.7 Å². The zero-order chi connectivity index (χ0) is 15.4. The number of amides is 2. The molecule has 2 heterocycles. The molecule has 2 amide bonds. The molecule has 1 N–H and O–H groups in total. The molecule has 116 valence electrons. The summed E-state index contributed by atoms with van der Waals surface area (Å²) < 4.78 is 0. The summed E-state index contributed by atoms with van der Waals surface area (Å²) in [7, 11) is 1.76. The van der Waals surface area contributed by atoms with Gasteiger partial charge >= 0.3 is 12.0 Å². The lowest BCUT2D eigenvalue weighted by Gasteiger charge is -2.34. The number of aromatic nitrogens is 1. The second-order valence-electron chi connectivity index (χ2n) is 5.55. The molecular weight excluding hydrogens is 290 g/mol. The zero-order valence-corrected chi connectivity index (χ0v) is 13.2. The fraction of sp³-hybridized carbons (Fsp3) is 0.643. The van der Waals surface area contributed by atoms with Gasteiger partial charge in [0.05, 0.1) is 17.2 Å². The van der Waals surface area contributed by atoms with Gasteiger partial charge in [0.15, 0.2) is 0 Å². The first-order valence-corrected chi connectivity index (χ1v) is 7.96. The molecule has 1 atom stereocenters. The number of piperidine rings is 1. The van der Waals surface area contributed by atoms with Crippen LogP contribution in [0.4, 0.5) is 4.79 Å². The molecule has 6 nitrogen and oxygen atoms in total. The van der Waals surface area contributed by atoms with Crippen molar-refractivity contribution in [1.29, 1.82) is 0 Å². The Hall–Kier alpha value is -1.63. The summed E-state index contributed by atoms with van der Waals surface area (Å²) in [6.45, 7) is 3.67. The highest BCUT2D eigenvalue weighted by Crippen LogP contribution is 2.21. The maximum atomic E-state index is 12.4. The average molecular weight is 311 g/mol. The van der Waals surface area contributed by atoms with Gasteiger partial charge in [-0.25, -0.2) is 9.78 Å². The minimum Gasteiger partial charge on any atom is -0.481 e. The van der Waals surface area contributed by atoms with Crippen LogP contribution in [0.25, 0.3) is 0 Å². The summed E-state index contributed by atoms with van der Waals surface area (Å²) >= 11 is 1.57. The van der Waals surface area contributed by atoms with Gasteiger partial charge in [0.1, 0.15) is 0 Å². The number of aryl methyl sites for hydroxylation is 1. The standard InChI is InChI=1S/C14H21N3O3S/c1-10-15-12(9-21-10)8-16(2)14(20)17-5-3-4-11(7-17)6-13(18)19/h9,11H,3-8H2,1-2H3,(H,18,19). The first kappa shape index (κ1) is 15.8. The molecule has 1 aromatic rings. The van der Waals surface area contributed by atoms with E-state index in [0.717, 1.165) is 23.5 Å². The summed E-state index contributed by atoms with van der Waals surface area (Å²) in [5.41, 5.74) is 0.896. The number of carboxylic acid groups (broad SMARTS) is 1. The van der Waals surface area contributed by atoms with Gasteiger partial charge in [-0.2, -0.15) is 0 Å². The minimum absolute atomic E-state index is 0.0456. The second-order valence-corrected chi connectivity index (χ2v) is 6.61. The second kappa shape index (κ2) is 6.89. The molecular formula is C14H21N3O3S. The van der Waals surface area contributed by atoms with Crippen LogP contribution >= 0.6 is 11.3 Å². The molecule has 1 saturated heterocycles. The van der Waals surface area contributed by atoms with E-state index in [-0.39, 0.29) is 18.4 Å². The zero-order valence-electron chi connectivity index (χ0n) is 12.4. The lowest BCUT2D eigenvalue weighted by atomic mass is 9.95. The Morgan fingerprint density at radius 3 is 2.95 bits per heavy atom. The molecule has 1 aliphatic heterocycles. The van der Waals surface area contributed by atoms with E-state index < -0.39 is 5.97 Å². The first-order valence-electron chi connectivity index (χ1n) is 7.08. The third-order valence-corrected chi connectivity index (χ3v) is 4.47. The first-order chi connectivity index (χ1) is 9.95. The van der Waals surface area contributed by atoms with Crippen molar-refractivity contribution >= 4 is 23.3 Å². The van der Waals surface area contributed by atoms with Gasteiger partial charge in [0, 0.05) is 31.9 Å². The molecule has 0 bridgehead atoms. The van der Waals surface area contributed by atoms with Gasteiger partial charge in [0.25, 0.3) is 0 Å². The summed E-state index contributed by atoms with van der Waals surface area (Å²) in [5.74, 6) is -0.726. The van der Waals surface area contributed by atoms with Gasteiger partial charge < -0.3 is 14.9 Å². The highest BCUT2D eigenvalue weighted by Gasteiger charge is 2.27. The Morgan fingerprint density at radius 1 is 1.57 bits per heavy atom. The van der Waals surface area contributed by atoms with Crippen LogP contribution in [0.3, 0.4) is 0 Å². The lowest BCUT2D eigenvalue weighted by molar-refractivity contribution is -0.138. The van der Waals surface area contributed by atoms with Gasteiger partial charge in [-0.1, -0.05) is 0 Å². The van der Waals surface area contributed by atoms with Crippen molar-refractivity contribution < 1.29 is 14.7 Å². The summed E-state index contributed by atoms with van der Waals surface area (Å²) in [6, 6.07) is -0.0456. The number of carboxylic acids is 1. The lowest BCUT2D eigenvalue weighted by Crippen LogP contribution is -2.46. The molecule has 1 aliphatic rings. The maximum Gasteiger partial charge on any atom is 0.320 e. The quantitative estimate of drug-likeness (QED) is 0.925. The Labute approximate surface area is 128 Å². The third-order valence-electron chi connectivity index (χ3n) is 3.65. The predicted molar refractivity (Wildman–Crippen MR) is 80.3 cm³/mol. The third kappa shape index (κ3) is 4.42. The molecule has 0 spiro atoms. The van der Waals surface area contributed by atoms with E-state index in [1.165, 1.54) is 0 Å². The molecule has 1 fully saturated rings. The van der Waals surface area contributed by atoms with Crippen molar-refractivity contribution in [2.24, 2.45) is 5.92 Å². The van der Waals surface area contributed by atoms with Gasteiger partial charge in [-0.3, -0.25) is 4.79 Å². The predicted octanol–water partition coefficient (Wildman–Crippen LogP) is 2.19. The molecule has 0 saturated carbocycles. The number of hydrogen-bond acceptors (Lipinski definition) is 4. The molecule has 0 aromatic carbocycles. The van der Waals surface area contributed by atoms with Crippen molar-refractivity contribution in [3.63, 3.8) is 0 Å². The van der Waals surface area contributed by atoms with E-state index in [1.54, 1.807) is 28.2 Å². The fourth-order valence-electron chi connectivity index (χ4n) is 2.69. The van der Waals surface area contributed by atoms with E-state index in [9.17, 15) is 9.59 Å². The average Bonchev–Trinajstić information content (AvgIpc) is 2.82. The molecule has 1 unspecified atom stereocenters. The van der Waals surface area contributed by atoms with Crippen molar-refractivity contribution in [3.05, 3.63) is 16.1 Å². The van der Waals surface area contributed by atoms with Crippen molar-refractivity contribution in [3.8, 4) is 0 Å². The van der Waals surface area contributed by atoms with Crippen LogP contribution in [0.2, 0.25) is 0 Å². The number of likely N-dealkylation sites (tertiary alicyclic amines) is 1. The van der Waals surface area contributed by atoms with Crippen molar-refractivity contribution in [2.75, 3.05) is 20.1 Å². The van der Waals surface area contributed by atoms with Gasteiger partial charge in [-0.05, 0) is 25.7 Å². The van der Waals surface area contributed by atoms with E-state index in [0.29, 0.717) is 19.6 Å². The van der Waals surface area contributed by atoms with Crippen LogP contribution in [-0.4, -0.2) is 52.0 Å². The van der Waals surface area contributed by atoms with E-state index in [2.05, 4.69) is 4.98 Å². The number of carbonyl (C=O) groups excluding carboxylic acids is 1. The topological polar surface area (TPSA) is 73.7 Å².